The van der Waals surface area contributed by atoms with Crippen molar-refractivity contribution in [3.63, 3.8) is 0 Å². The SMILES string of the molecule is CN1CCC(c2cc(C(=O)Cc3cc4cc(-c5cnco5)ncc4cn3)ccn2)CC1. The molecule has 1 aliphatic heterocycles. The second kappa shape index (κ2) is 8.35. The minimum absolute atomic E-state index is 0.0490. The lowest BCUT2D eigenvalue weighted by atomic mass is 9.92. The number of carbonyl (C=O) groups excluding carboxylic acids is 1. The minimum atomic E-state index is 0.0490. The lowest BCUT2D eigenvalue weighted by Crippen LogP contribution is -2.29. The molecule has 0 bridgehead atoms. The monoisotopic (exact) mass is 413 g/mol. The maximum atomic E-state index is 13.0. The zero-order valence-electron chi connectivity index (χ0n) is 17.4. The molecule has 5 rings (SSSR count). The van der Waals surface area contributed by atoms with Gasteiger partial charge in [-0.15, -0.1) is 0 Å². The van der Waals surface area contributed by atoms with E-state index in [1.165, 1.54) is 6.39 Å². The summed E-state index contributed by atoms with van der Waals surface area (Å²) < 4.78 is 5.34. The van der Waals surface area contributed by atoms with Crippen molar-refractivity contribution in [3.05, 3.63) is 72.4 Å². The van der Waals surface area contributed by atoms with Gasteiger partial charge in [0.1, 0.15) is 5.69 Å². The molecule has 7 heteroatoms. The average Bonchev–Trinajstić information content (AvgIpc) is 3.34. The van der Waals surface area contributed by atoms with Crippen LogP contribution < -0.4 is 0 Å². The molecule has 1 fully saturated rings. The summed E-state index contributed by atoms with van der Waals surface area (Å²) in [4.78, 5) is 32.7. The summed E-state index contributed by atoms with van der Waals surface area (Å²) in [5.74, 6) is 1.08. The topological polar surface area (TPSA) is 85.0 Å². The van der Waals surface area contributed by atoms with Crippen LogP contribution in [0.3, 0.4) is 0 Å². The molecule has 0 radical (unpaired) electrons. The number of likely N-dealkylation sites (tertiary alicyclic amines) is 1. The first kappa shape index (κ1) is 19.5. The molecule has 0 saturated carbocycles. The summed E-state index contributed by atoms with van der Waals surface area (Å²) in [6.45, 7) is 2.13. The quantitative estimate of drug-likeness (QED) is 0.459. The molecule has 0 unspecified atom stereocenters. The van der Waals surface area contributed by atoms with Crippen LogP contribution in [0.1, 0.15) is 40.5 Å². The van der Waals surface area contributed by atoms with Crippen molar-refractivity contribution in [3.8, 4) is 11.5 Å². The maximum absolute atomic E-state index is 13.0. The third-order valence-electron chi connectivity index (χ3n) is 5.93. The number of aromatic nitrogens is 4. The van der Waals surface area contributed by atoms with Gasteiger partial charge < -0.3 is 9.32 Å². The fraction of sp³-hybridized carbons (Fsp3) is 0.292. The molecule has 31 heavy (non-hydrogen) atoms. The third kappa shape index (κ3) is 4.22. The van der Waals surface area contributed by atoms with Crippen LogP contribution in [0.2, 0.25) is 0 Å². The molecule has 0 aliphatic carbocycles. The second-order valence-electron chi connectivity index (χ2n) is 8.10. The van der Waals surface area contributed by atoms with Crippen molar-refractivity contribution >= 4 is 16.6 Å². The Morgan fingerprint density at radius 1 is 1.06 bits per heavy atom. The smallest absolute Gasteiger partial charge is 0.181 e. The lowest BCUT2D eigenvalue weighted by Gasteiger charge is -2.28. The fourth-order valence-electron chi connectivity index (χ4n) is 4.07. The largest absolute Gasteiger partial charge is 0.442 e. The van der Waals surface area contributed by atoms with Crippen molar-refractivity contribution in [1.29, 1.82) is 0 Å². The highest BCUT2D eigenvalue weighted by molar-refractivity contribution is 5.97. The molecule has 0 amide bonds. The number of nitrogens with zero attached hydrogens (tertiary/aromatic N) is 5. The summed E-state index contributed by atoms with van der Waals surface area (Å²) in [5.41, 5.74) is 3.14. The standard InChI is InChI=1S/C24H23N5O2/c1-29-6-3-16(4-7-29)21-9-17(2-5-26-21)23(30)11-20-8-18-10-22(24-14-25-15-31-24)28-13-19(18)12-27-20/h2,5,8-10,12-16H,3-4,6-7,11H2,1H3. The van der Waals surface area contributed by atoms with Gasteiger partial charge in [-0.1, -0.05) is 0 Å². The number of pyridine rings is 3. The van der Waals surface area contributed by atoms with Gasteiger partial charge in [-0.3, -0.25) is 19.7 Å². The molecule has 0 aromatic carbocycles. The molecule has 156 valence electrons. The number of carbonyl (C=O) groups is 1. The van der Waals surface area contributed by atoms with Gasteiger partial charge in [0.2, 0.25) is 0 Å². The molecule has 4 aromatic heterocycles. The Labute approximate surface area is 180 Å². The lowest BCUT2D eigenvalue weighted by molar-refractivity contribution is 0.0991. The van der Waals surface area contributed by atoms with Gasteiger partial charge in [0.05, 0.1) is 12.6 Å². The first-order valence-corrected chi connectivity index (χ1v) is 10.5. The van der Waals surface area contributed by atoms with Crippen LogP contribution in [0.25, 0.3) is 22.2 Å². The van der Waals surface area contributed by atoms with Gasteiger partial charge in [-0.05, 0) is 62.6 Å². The Hall–Kier alpha value is -3.45. The number of hydrogen-bond acceptors (Lipinski definition) is 7. The highest BCUT2D eigenvalue weighted by Gasteiger charge is 2.20. The predicted molar refractivity (Wildman–Crippen MR) is 117 cm³/mol. The van der Waals surface area contributed by atoms with E-state index < -0.39 is 0 Å². The molecule has 0 atom stereocenters. The molecule has 4 aromatic rings. The van der Waals surface area contributed by atoms with Crippen molar-refractivity contribution in [2.45, 2.75) is 25.2 Å². The van der Waals surface area contributed by atoms with Crippen LogP contribution in [-0.2, 0) is 6.42 Å². The van der Waals surface area contributed by atoms with E-state index in [2.05, 4.69) is 31.9 Å². The molecular weight excluding hydrogens is 390 g/mol. The van der Waals surface area contributed by atoms with Gasteiger partial charge in [0.15, 0.2) is 17.9 Å². The van der Waals surface area contributed by atoms with Crippen LogP contribution in [0.15, 0.2) is 59.9 Å². The van der Waals surface area contributed by atoms with Crippen LogP contribution in [0.4, 0.5) is 0 Å². The number of rotatable bonds is 5. The Bertz CT molecular complexity index is 1210. The maximum Gasteiger partial charge on any atom is 0.181 e. The summed E-state index contributed by atoms with van der Waals surface area (Å²) in [6, 6.07) is 7.63. The molecule has 1 saturated heterocycles. The number of fused-ring (bicyclic) bond motifs is 1. The highest BCUT2D eigenvalue weighted by Crippen LogP contribution is 2.27. The number of piperidine rings is 1. The fourth-order valence-corrected chi connectivity index (χ4v) is 4.07. The average molecular weight is 413 g/mol. The summed E-state index contributed by atoms with van der Waals surface area (Å²) in [7, 11) is 2.14. The Kier molecular flexibility index (Phi) is 5.26. The van der Waals surface area contributed by atoms with E-state index in [4.69, 9.17) is 4.42 Å². The number of Topliss-reactive ketones (excluding diaryl/α,β-unsaturated/α-hetero) is 1. The van der Waals surface area contributed by atoms with Crippen molar-refractivity contribution < 1.29 is 9.21 Å². The van der Waals surface area contributed by atoms with Crippen LogP contribution in [0, 0.1) is 0 Å². The van der Waals surface area contributed by atoms with E-state index in [9.17, 15) is 4.79 Å². The number of oxazole rings is 1. The highest BCUT2D eigenvalue weighted by atomic mass is 16.3. The molecule has 5 heterocycles. The Balaban J connectivity index is 1.35. The summed E-state index contributed by atoms with van der Waals surface area (Å²) in [5, 5.41) is 1.87. The van der Waals surface area contributed by atoms with Gasteiger partial charge in [0.25, 0.3) is 0 Å². The first-order valence-electron chi connectivity index (χ1n) is 10.5. The zero-order chi connectivity index (χ0) is 21.2. The normalized spacial score (nSPS) is 15.4. The van der Waals surface area contributed by atoms with Crippen molar-refractivity contribution in [2.24, 2.45) is 0 Å². The van der Waals surface area contributed by atoms with E-state index in [-0.39, 0.29) is 12.2 Å². The molecule has 7 nitrogen and oxygen atoms in total. The van der Waals surface area contributed by atoms with Gasteiger partial charge >= 0.3 is 0 Å². The molecule has 0 spiro atoms. The van der Waals surface area contributed by atoms with Crippen LogP contribution in [-0.4, -0.2) is 50.8 Å². The molecule has 1 aliphatic rings. The zero-order valence-corrected chi connectivity index (χ0v) is 17.4. The summed E-state index contributed by atoms with van der Waals surface area (Å²) >= 11 is 0. The second-order valence-corrected chi connectivity index (χ2v) is 8.10. The molecule has 0 N–H and O–H groups in total. The number of hydrogen-bond donors (Lipinski definition) is 0. The van der Waals surface area contributed by atoms with E-state index in [1.807, 2.05) is 18.2 Å². The van der Waals surface area contributed by atoms with Crippen molar-refractivity contribution in [2.75, 3.05) is 20.1 Å². The van der Waals surface area contributed by atoms with Gasteiger partial charge in [0, 0.05) is 46.8 Å². The van der Waals surface area contributed by atoms with Gasteiger partial charge in [-0.2, -0.15) is 0 Å². The van der Waals surface area contributed by atoms with Crippen molar-refractivity contribution in [1.82, 2.24) is 24.8 Å². The van der Waals surface area contributed by atoms with E-state index in [0.717, 1.165) is 48.1 Å². The van der Waals surface area contributed by atoms with Crippen LogP contribution in [0.5, 0.6) is 0 Å². The molecular formula is C24H23N5O2. The van der Waals surface area contributed by atoms with E-state index in [1.54, 1.807) is 30.9 Å². The Morgan fingerprint density at radius 2 is 1.90 bits per heavy atom. The summed E-state index contributed by atoms with van der Waals surface area (Å²) in [6.07, 6.45) is 10.7. The van der Waals surface area contributed by atoms with E-state index >= 15 is 0 Å². The van der Waals surface area contributed by atoms with Gasteiger partial charge in [-0.25, -0.2) is 4.98 Å². The minimum Gasteiger partial charge on any atom is -0.442 e. The Morgan fingerprint density at radius 3 is 2.71 bits per heavy atom. The first-order chi connectivity index (χ1) is 15.2. The third-order valence-corrected chi connectivity index (χ3v) is 5.93. The van der Waals surface area contributed by atoms with E-state index in [0.29, 0.717) is 22.9 Å². The van der Waals surface area contributed by atoms with Crippen LogP contribution >= 0.6 is 0 Å². The predicted octanol–water partition coefficient (Wildman–Crippen LogP) is 3.91. The number of ketones is 1.